The van der Waals surface area contributed by atoms with E-state index in [2.05, 4.69) is 11.8 Å². The summed E-state index contributed by atoms with van der Waals surface area (Å²) in [6, 6.07) is 7.62. The standard InChI is InChI=1S/C15H24N2O/c1-2-9-17(12-13-3-4-13)10-11-18-15-7-5-14(16)6-8-15/h5-8,13H,2-4,9-12,16H2,1H3. The Balaban J connectivity index is 1.69. The van der Waals surface area contributed by atoms with Crippen LogP contribution in [0, 0.1) is 5.92 Å². The molecule has 0 spiro atoms. The third kappa shape index (κ3) is 4.57. The highest BCUT2D eigenvalue weighted by molar-refractivity contribution is 5.41. The quantitative estimate of drug-likeness (QED) is 0.719. The molecular weight excluding hydrogens is 224 g/mol. The molecule has 2 N–H and O–H groups in total. The van der Waals surface area contributed by atoms with Crippen LogP contribution in [0.5, 0.6) is 5.75 Å². The molecule has 0 saturated heterocycles. The molecule has 3 heteroatoms. The Morgan fingerprint density at radius 2 is 1.94 bits per heavy atom. The number of nitrogens with zero attached hydrogens (tertiary/aromatic N) is 1. The Morgan fingerprint density at radius 3 is 2.56 bits per heavy atom. The van der Waals surface area contributed by atoms with Crippen molar-refractivity contribution < 1.29 is 4.74 Å². The molecule has 1 aromatic carbocycles. The fourth-order valence-electron chi connectivity index (χ4n) is 2.13. The van der Waals surface area contributed by atoms with Crippen molar-refractivity contribution in [2.45, 2.75) is 26.2 Å². The molecule has 1 aliphatic rings. The molecule has 0 atom stereocenters. The second kappa shape index (κ2) is 6.64. The number of nitrogens with two attached hydrogens (primary N) is 1. The molecule has 0 unspecified atom stereocenters. The van der Waals surface area contributed by atoms with E-state index in [0.717, 1.165) is 30.5 Å². The number of anilines is 1. The summed E-state index contributed by atoms with van der Waals surface area (Å²) in [4.78, 5) is 2.52. The number of hydrogen-bond acceptors (Lipinski definition) is 3. The van der Waals surface area contributed by atoms with E-state index >= 15 is 0 Å². The molecule has 3 nitrogen and oxygen atoms in total. The van der Waals surface area contributed by atoms with E-state index in [9.17, 15) is 0 Å². The molecule has 0 heterocycles. The van der Waals surface area contributed by atoms with Crippen LogP contribution in [-0.4, -0.2) is 31.1 Å². The molecule has 1 aliphatic carbocycles. The van der Waals surface area contributed by atoms with E-state index in [1.807, 2.05) is 24.3 Å². The Morgan fingerprint density at radius 1 is 1.22 bits per heavy atom. The Labute approximate surface area is 110 Å². The van der Waals surface area contributed by atoms with Crippen molar-refractivity contribution in [3.63, 3.8) is 0 Å². The molecule has 0 bridgehead atoms. The van der Waals surface area contributed by atoms with E-state index in [4.69, 9.17) is 10.5 Å². The van der Waals surface area contributed by atoms with E-state index in [1.54, 1.807) is 0 Å². The molecule has 1 saturated carbocycles. The lowest BCUT2D eigenvalue weighted by atomic mass is 10.3. The first-order valence-corrected chi connectivity index (χ1v) is 6.98. The van der Waals surface area contributed by atoms with Crippen molar-refractivity contribution in [1.29, 1.82) is 0 Å². The van der Waals surface area contributed by atoms with Gasteiger partial charge in [-0.05, 0) is 56.0 Å². The molecule has 100 valence electrons. The first-order valence-electron chi connectivity index (χ1n) is 6.98. The lowest BCUT2D eigenvalue weighted by Gasteiger charge is -2.21. The number of rotatable bonds is 8. The van der Waals surface area contributed by atoms with Gasteiger partial charge in [-0.3, -0.25) is 4.90 Å². The zero-order valence-electron chi connectivity index (χ0n) is 11.3. The van der Waals surface area contributed by atoms with Crippen LogP contribution in [0.25, 0.3) is 0 Å². The average molecular weight is 248 g/mol. The van der Waals surface area contributed by atoms with Gasteiger partial charge in [0.05, 0.1) is 0 Å². The fraction of sp³-hybridized carbons (Fsp3) is 0.600. The lowest BCUT2D eigenvalue weighted by Crippen LogP contribution is -2.31. The van der Waals surface area contributed by atoms with Crippen molar-refractivity contribution >= 4 is 5.69 Å². The van der Waals surface area contributed by atoms with Gasteiger partial charge in [0.25, 0.3) is 0 Å². The minimum Gasteiger partial charge on any atom is -0.492 e. The Bertz CT molecular complexity index is 346. The maximum Gasteiger partial charge on any atom is 0.119 e. The summed E-state index contributed by atoms with van der Waals surface area (Å²) in [5.41, 5.74) is 6.42. The van der Waals surface area contributed by atoms with Crippen LogP contribution < -0.4 is 10.5 Å². The van der Waals surface area contributed by atoms with Gasteiger partial charge in [0.15, 0.2) is 0 Å². The highest BCUT2D eigenvalue weighted by Gasteiger charge is 2.23. The highest BCUT2D eigenvalue weighted by atomic mass is 16.5. The minimum absolute atomic E-state index is 0.761. The van der Waals surface area contributed by atoms with Crippen LogP contribution in [0.15, 0.2) is 24.3 Å². The predicted octanol–water partition coefficient (Wildman–Crippen LogP) is 2.77. The maximum atomic E-state index is 5.74. The topological polar surface area (TPSA) is 38.5 Å². The molecule has 1 aromatic rings. The van der Waals surface area contributed by atoms with Crippen molar-refractivity contribution in [3.8, 4) is 5.75 Å². The Hall–Kier alpha value is -1.22. The number of benzene rings is 1. The summed E-state index contributed by atoms with van der Waals surface area (Å²) in [5, 5.41) is 0. The molecular formula is C15H24N2O. The zero-order chi connectivity index (χ0) is 12.8. The molecule has 0 aliphatic heterocycles. The van der Waals surface area contributed by atoms with Crippen LogP contribution in [0.4, 0.5) is 5.69 Å². The second-order valence-electron chi connectivity index (χ2n) is 5.16. The monoisotopic (exact) mass is 248 g/mol. The van der Waals surface area contributed by atoms with E-state index in [-0.39, 0.29) is 0 Å². The van der Waals surface area contributed by atoms with E-state index < -0.39 is 0 Å². The smallest absolute Gasteiger partial charge is 0.119 e. The van der Waals surface area contributed by atoms with E-state index in [0.29, 0.717) is 0 Å². The van der Waals surface area contributed by atoms with Gasteiger partial charge in [0, 0.05) is 18.8 Å². The highest BCUT2D eigenvalue weighted by Crippen LogP contribution is 2.29. The summed E-state index contributed by atoms with van der Waals surface area (Å²) >= 11 is 0. The second-order valence-corrected chi connectivity index (χ2v) is 5.16. The van der Waals surface area contributed by atoms with Gasteiger partial charge < -0.3 is 10.5 Å². The van der Waals surface area contributed by atoms with Gasteiger partial charge in [-0.25, -0.2) is 0 Å². The zero-order valence-corrected chi connectivity index (χ0v) is 11.3. The average Bonchev–Trinajstić information content (AvgIpc) is 3.16. The summed E-state index contributed by atoms with van der Waals surface area (Å²) in [5.74, 6) is 1.86. The number of nitrogen functional groups attached to an aromatic ring is 1. The van der Waals surface area contributed by atoms with E-state index in [1.165, 1.54) is 32.4 Å². The summed E-state index contributed by atoms with van der Waals surface area (Å²) in [6.45, 7) is 6.45. The SMILES string of the molecule is CCCN(CCOc1ccc(N)cc1)CC1CC1. The van der Waals surface area contributed by atoms with Crippen molar-refractivity contribution in [3.05, 3.63) is 24.3 Å². The van der Waals surface area contributed by atoms with Crippen molar-refractivity contribution in [2.24, 2.45) is 5.92 Å². The normalized spacial score (nSPS) is 15.0. The Kier molecular flexibility index (Phi) is 4.88. The van der Waals surface area contributed by atoms with Crippen LogP contribution >= 0.6 is 0 Å². The number of hydrogen-bond donors (Lipinski definition) is 1. The van der Waals surface area contributed by atoms with Crippen LogP contribution in [-0.2, 0) is 0 Å². The van der Waals surface area contributed by atoms with Gasteiger partial charge >= 0.3 is 0 Å². The third-order valence-electron chi connectivity index (χ3n) is 3.31. The largest absolute Gasteiger partial charge is 0.492 e. The molecule has 0 radical (unpaired) electrons. The van der Waals surface area contributed by atoms with Gasteiger partial charge in [-0.15, -0.1) is 0 Å². The van der Waals surface area contributed by atoms with Crippen molar-refractivity contribution in [2.75, 3.05) is 32.0 Å². The summed E-state index contributed by atoms with van der Waals surface area (Å²) in [6.07, 6.45) is 4.05. The molecule has 0 amide bonds. The first-order chi connectivity index (χ1) is 8.78. The van der Waals surface area contributed by atoms with Crippen LogP contribution in [0.2, 0.25) is 0 Å². The minimum atomic E-state index is 0.761. The predicted molar refractivity (Wildman–Crippen MR) is 75.8 cm³/mol. The van der Waals surface area contributed by atoms with Gasteiger partial charge in [-0.1, -0.05) is 6.92 Å². The molecule has 1 fully saturated rings. The fourth-order valence-corrected chi connectivity index (χ4v) is 2.13. The van der Waals surface area contributed by atoms with Crippen LogP contribution in [0.3, 0.4) is 0 Å². The lowest BCUT2D eigenvalue weighted by molar-refractivity contribution is 0.203. The maximum absolute atomic E-state index is 5.74. The summed E-state index contributed by atoms with van der Waals surface area (Å²) in [7, 11) is 0. The number of ether oxygens (including phenoxy) is 1. The van der Waals surface area contributed by atoms with Gasteiger partial charge in [0.2, 0.25) is 0 Å². The molecule has 0 aromatic heterocycles. The molecule has 2 rings (SSSR count). The van der Waals surface area contributed by atoms with Crippen molar-refractivity contribution in [1.82, 2.24) is 4.90 Å². The van der Waals surface area contributed by atoms with Crippen LogP contribution in [0.1, 0.15) is 26.2 Å². The third-order valence-corrected chi connectivity index (χ3v) is 3.31. The first kappa shape index (κ1) is 13.2. The van der Waals surface area contributed by atoms with Gasteiger partial charge in [0.1, 0.15) is 12.4 Å². The summed E-state index contributed by atoms with van der Waals surface area (Å²) < 4.78 is 5.74. The van der Waals surface area contributed by atoms with Gasteiger partial charge in [-0.2, -0.15) is 0 Å². The molecule has 18 heavy (non-hydrogen) atoms.